The molecule has 0 bridgehead atoms. The van der Waals surface area contributed by atoms with E-state index in [9.17, 15) is 9.59 Å². The van der Waals surface area contributed by atoms with Crippen LogP contribution in [0.3, 0.4) is 0 Å². The van der Waals surface area contributed by atoms with Crippen molar-refractivity contribution in [1.82, 2.24) is 24.6 Å². The van der Waals surface area contributed by atoms with E-state index >= 15 is 0 Å². The summed E-state index contributed by atoms with van der Waals surface area (Å²) in [6.45, 7) is 7.41. The number of benzene rings is 3. The zero-order chi connectivity index (χ0) is 30.8. The molecule has 10 heteroatoms. The van der Waals surface area contributed by atoms with Gasteiger partial charge in [0, 0.05) is 41.1 Å². The van der Waals surface area contributed by atoms with Crippen LogP contribution in [0.2, 0.25) is 0 Å². The topological polar surface area (TPSA) is 83.4 Å². The van der Waals surface area contributed by atoms with Crippen LogP contribution in [0.15, 0.2) is 94.9 Å². The van der Waals surface area contributed by atoms with Crippen LogP contribution in [-0.2, 0) is 0 Å². The molecule has 1 aliphatic rings. The summed E-state index contributed by atoms with van der Waals surface area (Å²) in [7, 11) is 0. The van der Waals surface area contributed by atoms with E-state index in [1.807, 2.05) is 59.7 Å². The summed E-state index contributed by atoms with van der Waals surface area (Å²) in [5, 5.41) is 10.4. The summed E-state index contributed by atoms with van der Waals surface area (Å²) in [6.07, 6.45) is 1.66. The number of aromatic nitrogens is 3. The zero-order valence-electron chi connectivity index (χ0n) is 24.8. The summed E-state index contributed by atoms with van der Waals surface area (Å²) in [5.74, 6) is -0.0336. The molecular formula is C34H33BrN6O2S. The van der Waals surface area contributed by atoms with Crippen molar-refractivity contribution in [1.29, 1.82) is 0 Å². The predicted octanol–water partition coefficient (Wildman–Crippen LogP) is 7.93. The van der Waals surface area contributed by atoms with Crippen LogP contribution in [0.5, 0.6) is 0 Å². The van der Waals surface area contributed by atoms with Crippen molar-refractivity contribution in [2.24, 2.45) is 0 Å². The molecule has 224 valence electrons. The summed E-state index contributed by atoms with van der Waals surface area (Å²) >= 11 is 4.99. The van der Waals surface area contributed by atoms with Gasteiger partial charge in [-0.05, 0) is 52.0 Å². The smallest absolute Gasteiger partial charge is 0.322 e. The molecule has 0 aliphatic carbocycles. The Morgan fingerprint density at radius 1 is 0.932 bits per heavy atom. The highest BCUT2D eigenvalue weighted by atomic mass is 79.9. The fourth-order valence-electron chi connectivity index (χ4n) is 5.55. The first kappa shape index (κ1) is 29.8. The molecule has 2 aromatic heterocycles. The third-order valence-electron chi connectivity index (χ3n) is 7.84. The number of carbonyl (C=O) groups excluding carboxylic acids is 2. The van der Waals surface area contributed by atoms with E-state index in [1.54, 1.807) is 15.8 Å². The maximum atomic E-state index is 13.8. The van der Waals surface area contributed by atoms with E-state index in [1.165, 1.54) is 16.9 Å². The lowest BCUT2D eigenvalue weighted by molar-refractivity contribution is 0.0590. The Balaban J connectivity index is 1.17. The number of nitrogens with one attached hydrogen (secondary N) is 1. The van der Waals surface area contributed by atoms with E-state index in [0.29, 0.717) is 30.9 Å². The fraction of sp³-hybridized carbons (Fsp3) is 0.235. The Labute approximate surface area is 269 Å². The highest BCUT2D eigenvalue weighted by Crippen LogP contribution is 2.31. The number of rotatable bonds is 6. The highest BCUT2D eigenvalue weighted by molar-refractivity contribution is 9.10. The number of para-hydroxylation sites is 1. The monoisotopic (exact) mass is 668 g/mol. The van der Waals surface area contributed by atoms with Gasteiger partial charge in [-0.1, -0.05) is 80.6 Å². The van der Waals surface area contributed by atoms with Crippen molar-refractivity contribution in [3.8, 4) is 27.5 Å². The van der Waals surface area contributed by atoms with E-state index in [2.05, 4.69) is 76.6 Å². The fourth-order valence-corrected chi connectivity index (χ4v) is 6.74. The molecule has 3 heterocycles. The molecule has 0 radical (unpaired) electrons. The molecule has 1 saturated heterocycles. The number of amides is 3. The average molecular weight is 670 g/mol. The largest absolute Gasteiger partial charge is 0.335 e. The van der Waals surface area contributed by atoms with Crippen LogP contribution in [0.25, 0.3) is 27.5 Å². The van der Waals surface area contributed by atoms with Gasteiger partial charge in [0.25, 0.3) is 5.91 Å². The zero-order valence-corrected chi connectivity index (χ0v) is 27.2. The molecule has 0 spiro atoms. The second kappa shape index (κ2) is 12.8. The summed E-state index contributed by atoms with van der Waals surface area (Å²) in [6, 6.07) is 25.9. The minimum Gasteiger partial charge on any atom is -0.335 e. The van der Waals surface area contributed by atoms with Crippen molar-refractivity contribution in [2.45, 2.75) is 32.7 Å². The van der Waals surface area contributed by atoms with E-state index in [4.69, 9.17) is 4.98 Å². The van der Waals surface area contributed by atoms with Gasteiger partial charge in [-0.3, -0.25) is 4.79 Å². The number of thiazole rings is 1. The van der Waals surface area contributed by atoms with Crippen LogP contribution in [0, 0.1) is 0 Å². The molecule has 1 N–H and O–H groups in total. The van der Waals surface area contributed by atoms with Gasteiger partial charge >= 0.3 is 6.03 Å². The van der Waals surface area contributed by atoms with Gasteiger partial charge in [0.2, 0.25) is 5.13 Å². The lowest BCUT2D eigenvalue weighted by Crippen LogP contribution is -2.56. The molecular weight excluding hydrogens is 636 g/mol. The normalized spacial score (nSPS) is 15.1. The highest BCUT2D eigenvalue weighted by Gasteiger charge is 2.33. The molecule has 6 rings (SSSR count). The maximum Gasteiger partial charge on any atom is 0.322 e. The van der Waals surface area contributed by atoms with Crippen LogP contribution in [-0.4, -0.2) is 62.2 Å². The molecule has 3 aromatic carbocycles. The van der Waals surface area contributed by atoms with Gasteiger partial charge in [0.05, 0.1) is 28.8 Å². The van der Waals surface area contributed by atoms with E-state index < -0.39 is 0 Å². The molecule has 5 aromatic rings. The summed E-state index contributed by atoms with van der Waals surface area (Å²) < 4.78 is 2.62. The maximum absolute atomic E-state index is 13.8. The first-order valence-electron chi connectivity index (χ1n) is 14.6. The van der Waals surface area contributed by atoms with E-state index in [0.717, 1.165) is 32.1 Å². The number of urea groups is 1. The third-order valence-corrected chi connectivity index (χ3v) is 9.34. The van der Waals surface area contributed by atoms with Gasteiger partial charge in [-0.15, -0.1) is 11.3 Å². The van der Waals surface area contributed by atoms with Crippen molar-refractivity contribution in [3.63, 3.8) is 0 Å². The number of anilines is 1. The Kier molecular flexibility index (Phi) is 8.63. The predicted molar refractivity (Wildman–Crippen MR) is 179 cm³/mol. The molecule has 0 saturated carbocycles. The molecule has 1 aliphatic heterocycles. The molecule has 1 atom stereocenters. The first-order chi connectivity index (χ1) is 21.3. The number of piperazine rings is 1. The van der Waals surface area contributed by atoms with Crippen LogP contribution in [0.4, 0.5) is 10.5 Å². The number of hydrogen-bond donors (Lipinski definition) is 1. The second-order valence-corrected chi connectivity index (χ2v) is 12.9. The average Bonchev–Trinajstić information content (AvgIpc) is 3.70. The quantitative estimate of drug-likeness (QED) is 0.199. The molecule has 8 nitrogen and oxygen atoms in total. The minimum absolute atomic E-state index is 0.0442. The molecule has 44 heavy (non-hydrogen) atoms. The van der Waals surface area contributed by atoms with Crippen molar-refractivity contribution in [2.75, 3.05) is 25.0 Å². The van der Waals surface area contributed by atoms with Crippen LogP contribution < -0.4 is 5.32 Å². The molecule has 1 unspecified atom stereocenters. The lowest BCUT2D eigenvalue weighted by Gasteiger charge is -2.39. The first-order valence-corrected chi connectivity index (χ1v) is 16.3. The van der Waals surface area contributed by atoms with Gasteiger partial charge in [0.15, 0.2) is 0 Å². The van der Waals surface area contributed by atoms with Crippen molar-refractivity contribution < 1.29 is 9.59 Å². The lowest BCUT2D eigenvalue weighted by atomic mass is 10.0. The summed E-state index contributed by atoms with van der Waals surface area (Å²) in [5.41, 5.74) is 6.34. The Morgan fingerprint density at radius 2 is 1.61 bits per heavy atom. The molecule has 1 fully saturated rings. The van der Waals surface area contributed by atoms with Gasteiger partial charge < -0.3 is 15.1 Å². The second-order valence-electron chi connectivity index (χ2n) is 11.2. The minimum atomic E-state index is -0.179. The van der Waals surface area contributed by atoms with Gasteiger partial charge in [-0.25, -0.2) is 14.5 Å². The Hall–Kier alpha value is -4.28. The standard InChI is InChI=1S/C34H33BrN6O2S/c1-22(2)31-27(32(42)39-17-18-40(23(3)20-39)33(43)37-29-12-8-7-11-28(29)35)19-36-41(31)34-38-30(21-44-34)26-15-13-25(14-16-26)24-9-5-4-6-10-24/h4-16,19,21-23H,17-18,20H2,1-3H3,(H,37,43). The molecule has 3 amide bonds. The Bertz CT molecular complexity index is 1780. The number of halogens is 1. The van der Waals surface area contributed by atoms with Crippen molar-refractivity contribution in [3.05, 3.63) is 106 Å². The number of nitrogens with zero attached hydrogens (tertiary/aromatic N) is 5. The van der Waals surface area contributed by atoms with Crippen LogP contribution >= 0.6 is 27.3 Å². The SMILES string of the molecule is CC(C)c1c(C(=O)N2CCN(C(=O)Nc3ccccc3Br)C(C)C2)cnn1-c1nc(-c2ccc(-c3ccccc3)cc2)cs1. The van der Waals surface area contributed by atoms with E-state index in [-0.39, 0.29) is 23.9 Å². The van der Waals surface area contributed by atoms with Crippen molar-refractivity contribution >= 4 is 44.9 Å². The Morgan fingerprint density at radius 3 is 2.32 bits per heavy atom. The van der Waals surface area contributed by atoms with Crippen LogP contribution in [0.1, 0.15) is 42.7 Å². The number of carbonyl (C=O) groups is 2. The van der Waals surface area contributed by atoms with Gasteiger partial charge in [0.1, 0.15) is 0 Å². The number of hydrogen-bond acceptors (Lipinski definition) is 5. The third kappa shape index (κ3) is 6.05. The summed E-state index contributed by atoms with van der Waals surface area (Å²) in [4.78, 5) is 35.4. The van der Waals surface area contributed by atoms with Gasteiger partial charge in [-0.2, -0.15) is 5.10 Å².